The van der Waals surface area contributed by atoms with Crippen LogP contribution in [0.25, 0.3) is 0 Å². The van der Waals surface area contributed by atoms with Crippen LogP contribution in [-0.4, -0.2) is 44.8 Å². The van der Waals surface area contributed by atoms with Crippen molar-refractivity contribution in [1.29, 1.82) is 0 Å². The van der Waals surface area contributed by atoms with Crippen LogP contribution in [0.5, 0.6) is 0 Å². The summed E-state index contributed by atoms with van der Waals surface area (Å²) < 4.78 is 83.3. The summed E-state index contributed by atoms with van der Waals surface area (Å²) in [5, 5.41) is 0. The molecule has 0 N–H and O–H groups in total. The van der Waals surface area contributed by atoms with Gasteiger partial charge in [0.1, 0.15) is 6.79 Å². The number of methoxy groups -OCH3 is 1. The summed E-state index contributed by atoms with van der Waals surface area (Å²) in [7, 11) is 1.40. The smallest absolute Gasteiger partial charge is 0.382 e. The van der Waals surface area contributed by atoms with Gasteiger partial charge in [0.25, 0.3) is 5.92 Å². The van der Waals surface area contributed by atoms with Crippen LogP contribution in [0.2, 0.25) is 0 Å². The van der Waals surface area contributed by atoms with Crippen molar-refractivity contribution < 1.29 is 36.2 Å². The van der Waals surface area contributed by atoms with Gasteiger partial charge in [-0.1, -0.05) is 27.2 Å². The first-order valence-corrected chi connectivity index (χ1v) is 8.06. The first kappa shape index (κ1) is 21.6. The lowest BCUT2D eigenvalue weighted by molar-refractivity contribution is -0.351. The van der Waals surface area contributed by atoms with Gasteiger partial charge >= 0.3 is 6.18 Å². The zero-order valence-electron chi connectivity index (χ0n) is 14.6. The predicted molar refractivity (Wildman–Crippen MR) is 78.9 cm³/mol. The number of rotatable bonds is 9. The molecule has 1 rings (SSSR count). The maximum atomic E-state index is 14.3. The molecular formula is C16H27F5O3. The lowest BCUT2D eigenvalue weighted by Gasteiger charge is -2.36. The maximum absolute atomic E-state index is 14.3. The van der Waals surface area contributed by atoms with Gasteiger partial charge in [0.2, 0.25) is 5.60 Å². The molecule has 2 atom stereocenters. The van der Waals surface area contributed by atoms with Crippen LogP contribution in [0.1, 0.15) is 46.5 Å². The first-order chi connectivity index (χ1) is 10.9. The van der Waals surface area contributed by atoms with E-state index in [4.69, 9.17) is 4.74 Å². The second kappa shape index (κ2) is 7.83. The van der Waals surface area contributed by atoms with E-state index in [9.17, 15) is 22.0 Å². The van der Waals surface area contributed by atoms with E-state index in [1.54, 1.807) is 0 Å². The molecule has 1 aliphatic rings. The molecule has 8 heteroatoms. The van der Waals surface area contributed by atoms with Crippen molar-refractivity contribution in [2.24, 2.45) is 11.3 Å². The molecule has 0 bridgehead atoms. The van der Waals surface area contributed by atoms with Crippen LogP contribution in [0.15, 0.2) is 0 Å². The summed E-state index contributed by atoms with van der Waals surface area (Å²) in [4.78, 5) is 0. The average molecular weight is 362 g/mol. The molecule has 0 aromatic rings. The Hall–Kier alpha value is -0.470. The van der Waals surface area contributed by atoms with E-state index in [1.165, 1.54) is 7.11 Å². The van der Waals surface area contributed by atoms with Crippen molar-refractivity contribution in [3.05, 3.63) is 0 Å². The van der Waals surface area contributed by atoms with Crippen LogP contribution in [0, 0.1) is 11.3 Å². The monoisotopic (exact) mass is 362 g/mol. The van der Waals surface area contributed by atoms with Gasteiger partial charge in [-0.2, -0.15) is 13.2 Å². The van der Waals surface area contributed by atoms with Crippen LogP contribution in [-0.2, 0) is 14.2 Å². The highest BCUT2D eigenvalue weighted by Gasteiger charge is 2.74. The minimum Gasteiger partial charge on any atom is -0.382 e. The standard InChI is InChI=1S/C16H27F5O3/c1-5-13(2,3)8-12-9-14(16(19,20)21,15(17,18)10-12)24-11-23-7-6-22-4/h12H,5-11H2,1-4H3. The minimum absolute atomic E-state index is 0.0255. The van der Waals surface area contributed by atoms with Gasteiger partial charge < -0.3 is 14.2 Å². The Labute approximate surface area is 139 Å². The topological polar surface area (TPSA) is 27.7 Å². The molecule has 1 aliphatic carbocycles. The quantitative estimate of drug-likeness (QED) is 0.335. The Balaban J connectivity index is 2.88. The minimum atomic E-state index is -5.17. The van der Waals surface area contributed by atoms with E-state index in [0.29, 0.717) is 12.8 Å². The van der Waals surface area contributed by atoms with Crippen LogP contribution in [0.3, 0.4) is 0 Å². The van der Waals surface area contributed by atoms with Crippen molar-refractivity contribution >= 4 is 0 Å². The molecule has 0 radical (unpaired) electrons. The van der Waals surface area contributed by atoms with E-state index in [0.717, 1.165) is 0 Å². The van der Waals surface area contributed by atoms with Crippen LogP contribution < -0.4 is 0 Å². The Morgan fingerprint density at radius 2 is 1.71 bits per heavy atom. The highest BCUT2D eigenvalue weighted by atomic mass is 19.4. The predicted octanol–water partition coefficient (Wildman–Crippen LogP) is 4.80. The van der Waals surface area contributed by atoms with Gasteiger partial charge in [0, 0.05) is 13.5 Å². The number of halogens is 5. The van der Waals surface area contributed by atoms with E-state index in [2.05, 4.69) is 9.47 Å². The number of hydrogen-bond donors (Lipinski definition) is 0. The highest BCUT2D eigenvalue weighted by molar-refractivity contribution is 5.08. The van der Waals surface area contributed by atoms with Gasteiger partial charge in [0.05, 0.1) is 13.2 Å². The lowest BCUT2D eigenvalue weighted by atomic mass is 9.79. The van der Waals surface area contributed by atoms with Gasteiger partial charge in [-0.3, -0.25) is 0 Å². The maximum Gasteiger partial charge on any atom is 0.423 e. The average Bonchev–Trinajstić information content (AvgIpc) is 2.68. The molecule has 0 heterocycles. The summed E-state index contributed by atoms with van der Waals surface area (Å²) in [6.45, 7) is 4.90. The normalized spacial score (nSPS) is 27.6. The van der Waals surface area contributed by atoms with Crippen molar-refractivity contribution in [3.63, 3.8) is 0 Å². The molecule has 144 valence electrons. The Morgan fingerprint density at radius 1 is 1.08 bits per heavy atom. The van der Waals surface area contributed by atoms with E-state index >= 15 is 0 Å². The van der Waals surface area contributed by atoms with Gasteiger partial charge in [-0.25, -0.2) is 8.78 Å². The molecule has 24 heavy (non-hydrogen) atoms. The number of ether oxygens (including phenoxy) is 3. The first-order valence-electron chi connectivity index (χ1n) is 8.06. The van der Waals surface area contributed by atoms with Crippen molar-refractivity contribution in [2.75, 3.05) is 27.1 Å². The van der Waals surface area contributed by atoms with Gasteiger partial charge in [-0.05, 0) is 24.2 Å². The second-order valence-corrected chi connectivity index (χ2v) is 7.19. The summed E-state index contributed by atoms with van der Waals surface area (Å²) >= 11 is 0. The SMILES string of the molecule is CCC(C)(C)CC1CC(F)(F)C(OCOCCOC)(C(F)(F)F)C1. The van der Waals surface area contributed by atoms with Crippen molar-refractivity contribution in [1.82, 2.24) is 0 Å². The fourth-order valence-electron chi connectivity index (χ4n) is 3.14. The molecular weight excluding hydrogens is 335 g/mol. The molecule has 1 fully saturated rings. The molecule has 0 spiro atoms. The molecule has 0 saturated heterocycles. The van der Waals surface area contributed by atoms with Crippen molar-refractivity contribution in [2.45, 2.75) is 64.2 Å². The third kappa shape index (κ3) is 4.79. The van der Waals surface area contributed by atoms with Crippen LogP contribution >= 0.6 is 0 Å². The number of hydrogen-bond acceptors (Lipinski definition) is 3. The molecule has 0 aromatic carbocycles. The van der Waals surface area contributed by atoms with Gasteiger partial charge in [0.15, 0.2) is 0 Å². The fraction of sp³-hybridized carbons (Fsp3) is 1.00. The molecule has 0 aliphatic heterocycles. The molecule has 0 amide bonds. The molecule has 0 aromatic heterocycles. The fourth-order valence-corrected chi connectivity index (χ4v) is 3.14. The van der Waals surface area contributed by atoms with E-state index in [-0.39, 0.29) is 18.6 Å². The summed E-state index contributed by atoms with van der Waals surface area (Å²) in [6.07, 6.45) is -5.75. The largest absolute Gasteiger partial charge is 0.423 e. The summed E-state index contributed by atoms with van der Waals surface area (Å²) in [6, 6.07) is 0. The third-order valence-corrected chi connectivity index (χ3v) is 4.79. The van der Waals surface area contributed by atoms with E-state index in [1.807, 2.05) is 20.8 Å². The zero-order chi connectivity index (χ0) is 18.6. The second-order valence-electron chi connectivity index (χ2n) is 7.19. The zero-order valence-corrected chi connectivity index (χ0v) is 14.6. The lowest BCUT2D eigenvalue weighted by Crippen LogP contribution is -2.57. The summed E-state index contributed by atoms with van der Waals surface area (Å²) in [5.74, 6) is -4.74. The Kier molecular flexibility index (Phi) is 7.03. The number of alkyl halides is 5. The molecule has 2 unspecified atom stereocenters. The van der Waals surface area contributed by atoms with Crippen LogP contribution in [0.4, 0.5) is 22.0 Å². The molecule has 1 saturated carbocycles. The highest BCUT2D eigenvalue weighted by Crippen LogP contribution is 2.58. The van der Waals surface area contributed by atoms with Crippen molar-refractivity contribution in [3.8, 4) is 0 Å². The van der Waals surface area contributed by atoms with Gasteiger partial charge in [-0.15, -0.1) is 0 Å². The Morgan fingerprint density at radius 3 is 2.21 bits per heavy atom. The Bertz CT molecular complexity index is 398. The van der Waals surface area contributed by atoms with E-state index < -0.39 is 43.3 Å². The third-order valence-electron chi connectivity index (χ3n) is 4.79. The summed E-state index contributed by atoms with van der Waals surface area (Å²) in [5.41, 5.74) is -3.78. The molecule has 3 nitrogen and oxygen atoms in total.